The second-order valence-corrected chi connectivity index (χ2v) is 3.48. The average Bonchev–Trinajstić information content (AvgIpc) is 2.26. The normalized spacial score (nSPS) is 14.1. The zero-order chi connectivity index (χ0) is 12.1. The van der Waals surface area contributed by atoms with Crippen LogP contribution in [0.4, 0.5) is 0 Å². The van der Waals surface area contributed by atoms with E-state index in [1.807, 2.05) is 0 Å². The third-order valence-corrected chi connectivity index (χ3v) is 2.34. The van der Waals surface area contributed by atoms with Crippen molar-refractivity contribution in [3.8, 4) is 0 Å². The Kier molecular flexibility index (Phi) is 4.02. The van der Waals surface area contributed by atoms with Crippen molar-refractivity contribution in [1.29, 1.82) is 0 Å². The number of benzene rings is 1. The van der Waals surface area contributed by atoms with Crippen LogP contribution in [-0.2, 0) is 9.59 Å². The van der Waals surface area contributed by atoms with Crippen LogP contribution >= 0.6 is 0 Å². The maximum Gasteiger partial charge on any atom is 0.321 e. The number of hydrogen-bond acceptors (Lipinski definition) is 3. The zero-order valence-electron chi connectivity index (χ0n) is 8.54. The van der Waals surface area contributed by atoms with Crippen LogP contribution in [0.25, 0.3) is 0 Å². The first-order chi connectivity index (χ1) is 7.52. The van der Waals surface area contributed by atoms with Crippen LogP contribution in [0.1, 0.15) is 17.9 Å². The highest BCUT2D eigenvalue weighted by atomic mass is 16.4. The van der Waals surface area contributed by atoms with Crippen molar-refractivity contribution in [3.05, 3.63) is 35.9 Å². The Labute approximate surface area is 92.5 Å². The molecule has 0 saturated heterocycles. The molecule has 4 N–H and O–H groups in total. The van der Waals surface area contributed by atoms with Crippen molar-refractivity contribution >= 4 is 11.9 Å². The molecular weight excluding hydrogens is 210 g/mol. The summed E-state index contributed by atoms with van der Waals surface area (Å²) in [6.45, 7) is 0. The third-order valence-electron chi connectivity index (χ3n) is 2.34. The average molecular weight is 223 g/mol. The van der Waals surface area contributed by atoms with Gasteiger partial charge in [0.2, 0.25) is 0 Å². The highest BCUT2D eigenvalue weighted by molar-refractivity contribution is 5.77. The van der Waals surface area contributed by atoms with Crippen molar-refractivity contribution in [2.24, 2.45) is 5.73 Å². The van der Waals surface area contributed by atoms with Gasteiger partial charge in [-0.1, -0.05) is 30.3 Å². The van der Waals surface area contributed by atoms with Gasteiger partial charge >= 0.3 is 11.9 Å². The predicted molar refractivity (Wildman–Crippen MR) is 57.0 cm³/mol. The van der Waals surface area contributed by atoms with Gasteiger partial charge in [0, 0.05) is 5.92 Å². The van der Waals surface area contributed by atoms with E-state index in [0.29, 0.717) is 5.56 Å². The fourth-order valence-electron chi connectivity index (χ4n) is 1.51. The summed E-state index contributed by atoms with van der Waals surface area (Å²) < 4.78 is 0. The molecule has 0 bridgehead atoms. The van der Waals surface area contributed by atoms with Crippen LogP contribution in [-0.4, -0.2) is 28.2 Å². The minimum Gasteiger partial charge on any atom is -0.481 e. The summed E-state index contributed by atoms with van der Waals surface area (Å²) in [5.41, 5.74) is 6.10. The van der Waals surface area contributed by atoms with E-state index in [2.05, 4.69) is 0 Å². The molecule has 0 spiro atoms. The minimum atomic E-state index is -1.21. The van der Waals surface area contributed by atoms with E-state index >= 15 is 0 Å². The van der Waals surface area contributed by atoms with Crippen LogP contribution in [0.15, 0.2) is 30.3 Å². The Bertz CT molecular complexity index is 377. The number of rotatable bonds is 5. The highest BCUT2D eigenvalue weighted by Crippen LogP contribution is 2.22. The van der Waals surface area contributed by atoms with Crippen molar-refractivity contribution in [2.75, 3.05) is 0 Å². The van der Waals surface area contributed by atoms with Crippen LogP contribution in [0.2, 0.25) is 0 Å². The van der Waals surface area contributed by atoms with E-state index in [1.165, 1.54) is 0 Å². The molecule has 0 radical (unpaired) electrons. The first kappa shape index (κ1) is 12.2. The molecule has 0 fully saturated rings. The molecule has 2 atom stereocenters. The van der Waals surface area contributed by atoms with E-state index in [9.17, 15) is 9.59 Å². The summed E-state index contributed by atoms with van der Waals surface area (Å²) in [6, 6.07) is 7.36. The van der Waals surface area contributed by atoms with Gasteiger partial charge in [-0.05, 0) is 5.56 Å². The lowest BCUT2D eigenvalue weighted by Crippen LogP contribution is -2.37. The Morgan fingerprint density at radius 1 is 1.19 bits per heavy atom. The lowest BCUT2D eigenvalue weighted by atomic mass is 9.89. The van der Waals surface area contributed by atoms with Crippen molar-refractivity contribution in [3.63, 3.8) is 0 Å². The molecule has 1 rings (SSSR count). The Morgan fingerprint density at radius 2 is 1.75 bits per heavy atom. The first-order valence-corrected chi connectivity index (χ1v) is 4.77. The van der Waals surface area contributed by atoms with Gasteiger partial charge in [0.25, 0.3) is 0 Å². The number of aliphatic carboxylic acids is 2. The molecule has 1 aromatic rings. The van der Waals surface area contributed by atoms with E-state index in [0.717, 1.165) is 0 Å². The SMILES string of the molecule is N[C@@H](C(=O)O)[C@@H](CC(=O)O)c1ccccc1. The maximum absolute atomic E-state index is 10.8. The molecule has 0 amide bonds. The summed E-state index contributed by atoms with van der Waals surface area (Å²) in [6.07, 6.45) is -0.294. The van der Waals surface area contributed by atoms with Gasteiger partial charge in [-0.3, -0.25) is 9.59 Å². The predicted octanol–water partition coefficient (Wildman–Crippen LogP) is 0.657. The largest absolute Gasteiger partial charge is 0.481 e. The molecular formula is C11H13NO4. The van der Waals surface area contributed by atoms with E-state index in [4.69, 9.17) is 15.9 Å². The third kappa shape index (κ3) is 3.06. The van der Waals surface area contributed by atoms with Crippen LogP contribution in [0, 0.1) is 0 Å². The molecule has 0 unspecified atom stereocenters. The standard InChI is InChI=1S/C11H13NO4/c12-10(11(15)16)8(6-9(13)14)7-4-2-1-3-5-7/h1-5,8,10H,6,12H2,(H,13,14)(H,15,16)/t8-,10+/m0/s1. The summed E-state index contributed by atoms with van der Waals surface area (Å²) in [7, 11) is 0. The molecule has 86 valence electrons. The Morgan fingerprint density at radius 3 is 2.19 bits per heavy atom. The topological polar surface area (TPSA) is 101 Å². The molecule has 0 aromatic heterocycles. The number of carbonyl (C=O) groups is 2. The highest BCUT2D eigenvalue weighted by Gasteiger charge is 2.27. The lowest BCUT2D eigenvalue weighted by molar-refractivity contribution is -0.140. The lowest BCUT2D eigenvalue weighted by Gasteiger charge is -2.19. The molecule has 5 heteroatoms. The van der Waals surface area contributed by atoms with Crippen molar-refractivity contribution in [1.82, 2.24) is 0 Å². The molecule has 5 nitrogen and oxygen atoms in total. The molecule has 0 heterocycles. The van der Waals surface area contributed by atoms with Gasteiger partial charge in [-0.15, -0.1) is 0 Å². The number of carboxylic acids is 2. The van der Waals surface area contributed by atoms with Crippen molar-refractivity contribution in [2.45, 2.75) is 18.4 Å². The van der Waals surface area contributed by atoms with Gasteiger partial charge in [0.1, 0.15) is 6.04 Å². The summed E-state index contributed by atoms with van der Waals surface area (Å²) in [4.78, 5) is 21.4. The number of nitrogens with two attached hydrogens (primary N) is 1. The summed E-state index contributed by atoms with van der Waals surface area (Å²) in [5, 5.41) is 17.5. The number of carboxylic acid groups (broad SMARTS) is 2. The molecule has 0 aliphatic rings. The summed E-state index contributed by atoms with van der Waals surface area (Å²) >= 11 is 0. The molecule has 0 aliphatic heterocycles. The van der Waals surface area contributed by atoms with Crippen LogP contribution in [0.5, 0.6) is 0 Å². The van der Waals surface area contributed by atoms with Crippen molar-refractivity contribution < 1.29 is 19.8 Å². The smallest absolute Gasteiger partial charge is 0.321 e. The second-order valence-electron chi connectivity index (χ2n) is 3.48. The Hall–Kier alpha value is -1.88. The minimum absolute atomic E-state index is 0.294. The monoisotopic (exact) mass is 223 g/mol. The molecule has 0 saturated carbocycles. The molecule has 16 heavy (non-hydrogen) atoms. The van der Waals surface area contributed by atoms with Gasteiger partial charge in [-0.25, -0.2) is 0 Å². The second kappa shape index (κ2) is 5.27. The van der Waals surface area contributed by atoms with Gasteiger partial charge in [0.15, 0.2) is 0 Å². The fraction of sp³-hybridized carbons (Fsp3) is 0.273. The fourth-order valence-corrected chi connectivity index (χ4v) is 1.51. The van der Waals surface area contributed by atoms with E-state index in [-0.39, 0.29) is 6.42 Å². The maximum atomic E-state index is 10.8. The summed E-state index contributed by atoms with van der Waals surface area (Å²) in [5.74, 6) is -2.98. The van der Waals surface area contributed by atoms with E-state index in [1.54, 1.807) is 30.3 Å². The van der Waals surface area contributed by atoms with Gasteiger partial charge in [-0.2, -0.15) is 0 Å². The number of hydrogen-bond donors (Lipinski definition) is 3. The van der Waals surface area contributed by atoms with Crippen LogP contribution in [0.3, 0.4) is 0 Å². The molecule has 1 aromatic carbocycles. The van der Waals surface area contributed by atoms with E-state index < -0.39 is 23.9 Å². The Balaban J connectivity index is 2.96. The zero-order valence-corrected chi connectivity index (χ0v) is 8.54. The van der Waals surface area contributed by atoms with Gasteiger partial charge in [0.05, 0.1) is 6.42 Å². The quantitative estimate of drug-likeness (QED) is 0.680. The molecule has 0 aliphatic carbocycles. The van der Waals surface area contributed by atoms with Gasteiger partial charge < -0.3 is 15.9 Å². The van der Waals surface area contributed by atoms with Crippen LogP contribution < -0.4 is 5.73 Å². The first-order valence-electron chi connectivity index (χ1n) is 4.77.